The Balaban J connectivity index is 1.77. The van der Waals surface area contributed by atoms with Crippen molar-refractivity contribution < 1.29 is 17.6 Å². The SMILES string of the molecule is CC[C@H](C)[C@@H]1NC2(CCN(S(=O)(=O)c3ccc(F)cc3)CC2)N(CC)C1=O. The minimum Gasteiger partial charge on any atom is -0.323 e. The molecular weight excluding hydrogens is 369 g/mol. The number of nitrogens with one attached hydrogen (secondary N) is 1. The molecule has 6 nitrogen and oxygen atoms in total. The lowest BCUT2D eigenvalue weighted by atomic mass is 9.96. The third-order valence-electron chi connectivity index (χ3n) is 6.00. The van der Waals surface area contributed by atoms with Crippen LogP contribution < -0.4 is 5.32 Å². The molecule has 1 amide bonds. The summed E-state index contributed by atoms with van der Waals surface area (Å²) >= 11 is 0. The summed E-state index contributed by atoms with van der Waals surface area (Å²) in [6, 6.07) is 4.69. The van der Waals surface area contributed by atoms with Gasteiger partial charge in [-0.05, 0) is 49.9 Å². The van der Waals surface area contributed by atoms with Crippen LogP contribution in [0, 0.1) is 11.7 Å². The summed E-state index contributed by atoms with van der Waals surface area (Å²) in [7, 11) is -3.66. The number of carbonyl (C=O) groups excluding carboxylic acids is 1. The summed E-state index contributed by atoms with van der Waals surface area (Å²) in [5.41, 5.74) is -0.477. The van der Waals surface area contributed by atoms with Crippen LogP contribution in [0.3, 0.4) is 0 Å². The maximum atomic E-state index is 13.1. The van der Waals surface area contributed by atoms with Crippen LogP contribution in [0.4, 0.5) is 4.39 Å². The third kappa shape index (κ3) is 3.50. The molecule has 0 unspecified atom stereocenters. The highest BCUT2D eigenvalue weighted by atomic mass is 32.2. The lowest BCUT2D eigenvalue weighted by Gasteiger charge is -2.44. The van der Waals surface area contributed by atoms with Crippen molar-refractivity contribution in [1.29, 1.82) is 0 Å². The first-order chi connectivity index (χ1) is 12.7. The average molecular weight is 398 g/mol. The molecule has 2 saturated heterocycles. The fourth-order valence-electron chi connectivity index (χ4n) is 4.15. The van der Waals surface area contributed by atoms with Crippen molar-refractivity contribution in [1.82, 2.24) is 14.5 Å². The number of carbonyl (C=O) groups is 1. The van der Waals surface area contributed by atoms with Gasteiger partial charge >= 0.3 is 0 Å². The number of amides is 1. The zero-order valence-electron chi connectivity index (χ0n) is 16.1. The normalized spacial score (nSPS) is 24.5. The van der Waals surface area contributed by atoms with Crippen molar-refractivity contribution in [2.75, 3.05) is 19.6 Å². The second-order valence-corrected chi connectivity index (χ2v) is 9.42. The van der Waals surface area contributed by atoms with E-state index < -0.39 is 21.5 Å². The molecule has 2 atom stereocenters. The van der Waals surface area contributed by atoms with Gasteiger partial charge in [-0.3, -0.25) is 10.1 Å². The van der Waals surface area contributed by atoms with Crippen molar-refractivity contribution in [2.45, 2.75) is 56.6 Å². The van der Waals surface area contributed by atoms with E-state index in [0.717, 1.165) is 18.6 Å². The van der Waals surface area contributed by atoms with Crippen LogP contribution in [-0.4, -0.2) is 54.9 Å². The monoisotopic (exact) mass is 397 g/mol. The number of hydrogen-bond acceptors (Lipinski definition) is 4. The number of rotatable bonds is 5. The first kappa shape index (κ1) is 20.2. The number of sulfonamides is 1. The molecule has 0 aromatic heterocycles. The topological polar surface area (TPSA) is 69.7 Å². The van der Waals surface area contributed by atoms with Crippen LogP contribution in [0.2, 0.25) is 0 Å². The van der Waals surface area contributed by atoms with Crippen LogP contribution >= 0.6 is 0 Å². The zero-order chi connectivity index (χ0) is 19.8. The molecule has 2 heterocycles. The molecule has 1 aromatic rings. The van der Waals surface area contributed by atoms with Crippen molar-refractivity contribution in [3.63, 3.8) is 0 Å². The van der Waals surface area contributed by atoms with Crippen LogP contribution in [0.1, 0.15) is 40.0 Å². The molecule has 0 saturated carbocycles. The number of piperidine rings is 1. The van der Waals surface area contributed by atoms with Gasteiger partial charge < -0.3 is 4.90 Å². The van der Waals surface area contributed by atoms with E-state index in [-0.39, 0.29) is 22.8 Å². The molecule has 2 fully saturated rings. The summed E-state index contributed by atoms with van der Waals surface area (Å²) in [6.45, 7) is 7.34. The smallest absolute Gasteiger partial charge is 0.243 e. The van der Waals surface area contributed by atoms with E-state index in [4.69, 9.17) is 0 Å². The number of hydrogen-bond donors (Lipinski definition) is 1. The minimum absolute atomic E-state index is 0.0973. The molecule has 0 aliphatic carbocycles. The molecule has 1 N–H and O–H groups in total. The molecule has 0 radical (unpaired) electrons. The van der Waals surface area contributed by atoms with Gasteiger partial charge in [0.1, 0.15) is 5.82 Å². The molecule has 3 rings (SSSR count). The third-order valence-corrected chi connectivity index (χ3v) is 7.92. The minimum atomic E-state index is -3.66. The quantitative estimate of drug-likeness (QED) is 0.827. The fourth-order valence-corrected chi connectivity index (χ4v) is 5.60. The summed E-state index contributed by atoms with van der Waals surface area (Å²) in [6.07, 6.45) is 1.99. The fraction of sp³-hybridized carbons (Fsp3) is 0.632. The largest absolute Gasteiger partial charge is 0.323 e. The standard InChI is InChI=1S/C19H28FN3O3S/c1-4-14(3)17-18(24)23(5-2)19(21-17)10-12-22(13-11-19)27(25,26)16-8-6-15(20)7-9-16/h6-9,14,17,21H,4-5,10-13H2,1-3H3/t14-,17-/m0/s1. The van der Waals surface area contributed by atoms with E-state index in [1.807, 2.05) is 11.8 Å². The van der Waals surface area contributed by atoms with Gasteiger partial charge in [0, 0.05) is 19.6 Å². The Hall–Kier alpha value is -1.51. The number of nitrogens with zero attached hydrogens (tertiary/aromatic N) is 2. The molecule has 0 bridgehead atoms. The zero-order valence-corrected chi connectivity index (χ0v) is 16.9. The highest BCUT2D eigenvalue weighted by Crippen LogP contribution is 2.36. The van der Waals surface area contributed by atoms with Crippen LogP contribution in [0.15, 0.2) is 29.2 Å². The highest BCUT2D eigenvalue weighted by molar-refractivity contribution is 7.89. The molecular formula is C19H28FN3O3S. The second kappa shape index (κ2) is 7.48. The van der Waals surface area contributed by atoms with Crippen molar-refractivity contribution in [2.24, 2.45) is 5.92 Å². The van der Waals surface area contributed by atoms with E-state index in [0.29, 0.717) is 32.5 Å². The van der Waals surface area contributed by atoms with Gasteiger partial charge in [-0.1, -0.05) is 20.3 Å². The van der Waals surface area contributed by atoms with Crippen molar-refractivity contribution in [3.8, 4) is 0 Å². The van der Waals surface area contributed by atoms with Gasteiger partial charge in [-0.15, -0.1) is 0 Å². The molecule has 150 valence electrons. The summed E-state index contributed by atoms with van der Waals surface area (Å²) < 4.78 is 40.2. The lowest BCUT2D eigenvalue weighted by molar-refractivity contribution is -0.133. The van der Waals surface area contributed by atoms with Crippen molar-refractivity contribution in [3.05, 3.63) is 30.1 Å². The Kier molecular flexibility index (Phi) is 5.61. The van der Waals surface area contributed by atoms with Gasteiger partial charge in [0.05, 0.1) is 16.6 Å². The van der Waals surface area contributed by atoms with Gasteiger partial charge in [0.25, 0.3) is 0 Å². The average Bonchev–Trinajstić information content (AvgIpc) is 2.93. The van der Waals surface area contributed by atoms with E-state index in [9.17, 15) is 17.6 Å². The van der Waals surface area contributed by atoms with E-state index >= 15 is 0 Å². The van der Waals surface area contributed by atoms with Crippen LogP contribution in [-0.2, 0) is 14.8 Å². The Labute approximate surface area is 160 Å². The maximum absolute atomic E-state index is 13.1. The number of halogens is 1. The van der Waals surface area contributed by atoms with E-state index in [1.165, 1.54) is 16.4 Å². The Morgan fingerprint density at radius 2 is 1.81 bits per heavy atom. The number of likely N-dealkylation sites (N-methyl/N-ethyl adjacent to an activating group) is 1. The van der Waals surface area contributed by atoms with Gasteiger partial charge in [0.15, 0.2) is 0 Å². The van der Waals surface area contributed by atoms with E-state index in [1.54, 1.807) is 0 Å². The van der Waals surface area contributed by atoms with Crippen LogP contribution in [0.25, 0.3) is 0 Å². The van der Waals surface area contributed by atoms with Crippen LogP contribution in [0.5, 0.6) is 0 Å². The molecule has 1 aromatic carbocycles. The highest BCUT2D eigenvalue weighted by Gasteiger charge is 2.52. The Morgan fingerprint density at radius 1 is 1.22 bits per heavy atom. The maximum Gasteiger partial charge on any atom is 0.243 e. The summed E-state index contributed by atoms with van der Waals surface area (Å²) in [5, 5.41) is 3.53. The van der Waals surface area contributed by atoms with Gasteiger partial charge in [0.2, 0.25) is 15.9 Å². The lowest BCUT2D eigenvalue weighted by Crippen LogP contribution is -2.59. The molecule has 2 aliphatic heterocycles. The van der Waals surface area contributed by atoms with Crippen molar-refractivity contribution >= 4 is 15.9 Å². The Morgan fingerprint density at radius 3 is 2.33 bits per heavy atom. The predicted octanol–water partition coefficient (Wildman–Crippen LogP) is 2.17. The first-order valence-corrected chi connectivity index (χ1v) is 11.0. The second-order valence-electron chi connectivity index (χ2n) is 7.48. The first-order valence-electron chi connectivity index (χ1n) is 9.60. The Bertz CT molecular complexity index is 789. The molecule has 1 spiro atoms. The van der Waals surface area contributed by atoms with Gasteiger partial charge in [-0.2, -0.15) is 4.31 Å². The summed E-state index contributed by atoms with van der Waals surface area (Å²) in [5.74, 6) is -0.122. The summed E-state index contributed by atoms with van der Waals surface area (Å²) in [4.78, 5) is 14.8. The van der Waals surface area contributed by atoms with Gasteiger partial charge in [-0.25, -0.2) is 12.8 Å². The molecule has 27 heavy (non-hydrogen) atoms. The molecule has 8 heteroatoms. The van der Waals surface area contributed by atoms with E-state index in [2.05, 4.69) is 19.2 Å². The predicted molar refractivity (Wildman–Crippen MR) is 101 cm³/mol. The molecule has 2 aliphatic rings. The number of benzene rings is 1.